The van der Waals surface area contributed by atoms with Gasteiger partial charge in [-0.1, -0.05) is 32.1 Å². The molecule has 0 aliphatic heterocycles. The topological polar surface area (TPSA) is 130 Å². The third kappa shape index (κ3) is 23.0. The van der Waals surface area contributed by atoms with E-state index in [4.69, 9.17) is 19.4 Å². The lowest BCUT2D eigenvalue weighted by atomic mass is 10.2. The summed E-state index contributed by atoms with van der Waals surface area (Å²) in [5.41, 5.74) is 2.83. The van der Waals surface area contributed by atoms with Gasteiger partial charge < -0.3 is 39.7 Å². The van der Waals surface area contributed by atoms with Crippen LogP contribution in [0.15, 0.2) is 35.3 Å². The number of benzene rings is 1. The number of anilines is 1. The van der Waals surface area contributed by atoms with E-state index in [1.165, 1.54) is 13.1 Å². The van der Waals surface area contributed by atoms with Crippen LogP contribution in [0.3, 0.4) is 0 Å². The largest absolute Gasteiger partial charge is 0.392 e. The molecule has 0 radical (unpaired) electrons. The molecule has 1 atom stereocenters. The lowest BCUT2D eigenvalue weighted by Crippen LogP contribution is -2.25. The molecule has 1 heterocycles. The van der Waals surface area contributed by atoms with Crippen LogP contribution in [0.4, 0.5) is 5.95 Å². The molecular formula is C29H55N5O5. The minimum atomic E-state index is -0.141. The first-order valence-corrected chi connectivity index (χ1v) is 13.6. The van der Waals surface area contributed by atoms with E-state index >= 15 is 0 Å². The zero-order valence-electron chi connectivity index (χ0n) is 25.7. The minimum absolute atomic E-state index is 0.0357. The monoisotopic (exact) mass is 553 g/mol. The Morgan fingerprint density at radius 2 is 1.74 bits per heavy atom. The van der Waals surface area contributed by atoms with Crippen molar-refractivity contribution in [2.24, 2.45) is 12.0 Å². The normalized spacial score (nSPS) is 10.8. The summed E-state index contributed by atoms with van der Waals surface area (Å²) in [5, 5.41) is 23.8. The Morgan fingerprint density at radius 1 is 1.10 bits per heavy atom. The zero-order valence-corrected chi connectivity index (χ0v) is 25.7. The predicted molar refractivity (Wildman–Crippen MR) is 165 cm³/mol. The van der Waals surface area contributed by atoms with Crippen molar-refractivity contribution in [3.63, 3.8) is 0 Å². The van der Waals surface area contributed by atoms with Crippen molar-refractivity contribution in [3.8, 4) is 0 Å². The number of allylic oxidation sites excluding steroid dienone is 2. The number of aromatic nitrogens is 2. The first-order chi connectivity index (χ1) is 18.9. The van der Waals surface area contributed by atoms with Gasteiger partial charge in [0.25, 0.3) is 0 Å². The second kappa shape index (κ2) is 31.6. The third-order valence-corrected chi connectivity index (χ3v) is 4.57. The van der Waals surface area contributed by atoms with Gasteiger partial charge in [-0.25, -0.2) is 4.98 Å². The van der Waals surface area contributed by atoms with E-state index in [2.05, 4.69) is 20.6 Å². The summed E-state index contributed by atoms with van der Waals surface area (Å²) in [7, 11) is 3.61. The first kappa shape index (κ1) is 40.9. The van der Waals surface area contributed by atoms with Crippen LogP contribution in [0.1, 0.15) is 60.5 Å². The number of carbonyl (C=O) groups excluding carboxylic acids is 1. The Morgan fingerprint density at radius 3 is 2.23 bits per heavy atom. The molecule has 2 aromatic rings. The molecule has 226 valence electrons. The van der Waals surface area contributed by atoms with Crippen molar-refractivity contribution in [1.82, 2.24) is 14.9 Å². The van der Waals surface area contributed by atoms with Crippen molar-refractivity contribution in [3.05, 3.63) is 35.9 Å². The van der Waals surface area contributed by atoms with Gasteiger partial charge in [-0.05, 0) is 65.3 Å². The number of aliphatic imine (C=N–C) groups is 1. The lowest BCUT2D eigenvalue weighted by Gasteiger charge is -2.13. The van der Waals surface area contributed by atoms with Crippen LogP contribution in [-0.2, 0) is 27.9 Å². The molecule has 39 heavy (non-hydrogen) atoms. The van der Waals surface area contributed by atoms with Crippen molar-refractivity contribution in [2.45, 2.75) is 67.8 Å². The molecular weight excluding hydrogens is 498 g/mol. The fourth-order valence-corrected chi connectivity index (χ4v) is 2.70. The van der Waals surface area contributed by atoms with E-state index in [9.17, 15) is 5.11 Å². The summed E-state index contributed by atoms with van der Waals surface area (Å²) in [4.78, 5) is 16.9. The molecule has 0 amide bonds. The lowest BCUT2D eigenvalue weighted by molar-refractivity contribution is -0.125. The SMILES string of the molecule is C/C=C/C.CC.CC=O.CCOC(C)OCCNCCCNc1nc2cc(CO)ccc2n1C.CN=CCO. The van der Waals surface area contributed by atoms with E-state index in [-0.39, 0.29) is 19.5 Å². The van der Waals surface area contributed by atoms with Crippen LogP contribution in [0.2, 0.25) is 0 Å². The summed E-state index contributed by atoms with van der Waals surface area (Å²) >= 11 is 0. The molecule has 4 N–H and O–H groups in total. The third-order valence-electron chi connectivity index (χ3n) is 4.57. The van der Waals surface area contributed by atoms with Gasteiger partial charge in [0.1, 0.15) is 6.29 Å². The van der Waals surface area contributed by atoms with Gasteiger partial charge >= 0.3 is 0 Å². The minimum Gasteiger partial charge on any atom is -0.392 e. The second-order valence-electron chi connectivity index (χ2n) is 7.43. The number of carbonyl (C=O) groups is 1. The van der Waals surface area contributed by atoms with Crippen LogP contribution < -0.4 is 10.6 Å². The maximum Gasteiger partial charge on any atom is 0.203 e. The van der Waals surface area contributed by atoms with Crippen LogP contribution in [0.25, 0.3) is 11.0 Å². The summed E-state index contributed by atoms with van der Waals surface area (Å²) in [6, 6.07) is 5.83. The molecule has 1 aromatic heterocycles. The van der Waals surface area contributed by atoms with E-state index in [0.29, 0.717) is 13.2 Å². The summed E-state index contributed by atoms with van der Waals surface area (Å²) in [6.45, 7) is 17.3. The van der Waals surface area contributed by atoms with Gasteiger partial charge in [-0.3, -0.25) is 4.99 Å². The van der Waals surface area contributed by atoms with E-state index in [1.54, 1.807) is 7.05 Å². The van der Waals surface area contributed by atoms with Gasteiger partial charge in [-0.15, -0.1) is 0 Å². The van der Waals surface area contributed by atoms with E-state index < -0.39 is 0 Å². The first-order valence-electron chi connectivity index (χ1n) is 13.6. The molecule has 1 aromatic carbocycles. The fourth-order valence-electron chi connectivity index (χ4n) is 2.70. The van der Waals surface area contributed by atoms with Gasteiger partial charge in [0.05, 0.1) is 30.9 Å². The predicted octanol–water partition coefficient (Wildman–Crippen LogP) is 4.35. The molecule has 0 bridgehead atoms. The van der Waals surface area contributed by atoms with Crippen LogP contribution in [-0.4, -0.2) is 85.1 Å². The van der Waals surface area contributed by atoms with Crippen LogP contribution in [0, 0.1) is 0 Å². The summed E-state index contributed by atoms with van der Waals surface area (Å²) in [6.07, 6.45) is 7.03. The molecule has 10 heteroatoms. The average molecular weight is 554 g/mol. The maximum absolute atomic E-state index is 9.22. The van der Waals surface area contributed by atoms with Crippen molar-refractivity contribution < 1.29 is 24.5 Å². The molecule has 0 aliphatic carbocycles. The number of ether oxygens (including phenoxy) is 2. The number of rotatable bonds is 13. The highest BCUT2D eigenvalue weighted by atomic mass is 16.7. The average Bonchev–Trinajstić information content (AvgIpc) is 3.27. The van der Waals surface area contributed by atoms with Crippen LogP contribution in [0.5, 0.6) is 0 Å². The molecule has 2 rings (SSSR count). The molecule has 0 saturated carbocycles. The number of imidazole rings is 1. The Labute approximate surface area is 236 Å². The van der Waals surface area contributed by atoms with Gasteiger partial charge in [0, 0.05) is 40.0 Å². The summed E-state index contributed by atoms with van der Waals surface area (Å²) < 4.78 is 12.8. The number of nitrogens with one attached hydrogen (secondary N) is 2. The molecule has 1 unspecified atom stereocenters. The number of aliphatic hydroxyl groups excluding tert-OH is 2. The number of aldehydes is 1. The van der Waals surface area contributed by atoms with Gasteiger partial charge in [0.15, 0.2) is 6.29 Å². The van der Waals surface area contributed by atoms with Crippen molar-refractivity contribution >= 4 is 29.5 Å². The highest BCUT2D eigenvalue weighted by Crippen LogP contribution is 2.19. The van der Waals surface area contributed by atoms with Crippen molar-refractivity contribution in [1.29, 1.82) is 0 Å². The summed E-state index contributed by atoms with van der Waals surface area (Å²) in [5.74, 6) is 0.846. The molecule has 0 fully saturated rings. The highest BCUT2D eigenvalue weighted by Gasteiger charge is 2.07. The number of hydrogen-bond acceptors (Lipinski definition) is 9. The smallest absolute Gasteiger partial charge is 0.203 e. The highest BCUT2D eigenvalue weighted by molar-refractivity contribution is 5.79. The van der Waals surface area contributed by atoms with Crippen molar-refractivity contribution in [2.75, 3.05) is 51.8 Å². The number of nitrogens with zero attached hydrogens (tertiary/aromatic N) is 3. The molecule has 0 saturated heterocycles. The number of aryl methyl sites for hydroxylation is 1. The number of hydrogen-bond donors (Lipinski definition) is 4. The second-order valence-corrected chi connectivity index (χ2v) is 7.43. The quantitative estimate of drug-likeness (QED) is 0.0947. The Balaban J connectivity index is -0.000000772. The van der Waals surface area contributed by atoms with E-state index in [1.807, 2.05) is 83.5 Å². The molecule has 0 aliphatic rings. The van der Waals surface area contributed by atoms with Gasteiger partial charge in [0.2, 0.25) is 5.95 Å². The standard InChI is InChI=1S/C18H30N4O3.C4H8.C3H7NO.C2H4O.C2H6/c1-4-24-14(2)25-11-10-19-8-5-9-20-18-21-16-12-15(13-23)6-7-17(16)22(18)3;1-3-4-2;1-4-2-3-5;1-2-3;1-2/h6-7,12,14,19,23H,4-5,8-11,13H2,1-3H3,(H,20,21);3-4H,1-2H3;2,5H,3H2,1H3;2H,1H3;1-2H3/b;4-3+;;;. The van der Waals surface area contributed by atoms with Crippen LogP contribution >= 0.6 is 0 Å². The number of fused-ring (bicyclic) bond motifs is 1. The zero-order chi connectivity index (χ0) is 30.3. The maximum atomic E-state index is 9.22. The Bertz CT molecular complexity index is 852. The Hall–Kier alpha value is -2.63. The number of aliphatic hydroxyl groups is 2. The fraction of sp³-hybridized carbons (Fsp3) is 0.621. The van der Waals surface area contributed by atoms with Gasteiger partial charge in [-0.2, -0.15) is 0 Å². The molecule has 0 spiro atoms. The Kier molecular flexibility index (Phi) is 33.1. The van der Waals surface area contributed by atoms with E-state index in [0.717, 1.165) is 54.9 Å². The molecule has 10 nitrogen and oxygen atoms in total.